The average molecular weight is 346 g/mol. The summed E-state index contributed by atoms with van der Waals surface area (Å²) in [5.74, 6) is -0.964. The Morgan fingerprint density at radius 3 is 2.48 bits per heavy atom. The van der Waals surface area contributed by atoms with Crippen LogP contribution < -0.4 is 0 Å². The van der Waals surface area contributed by atoms with Gasteiger partial charge in [0.05, 0.1) is 11.8 Å². The van der Waals surface area contributed by atoms with Crippen molar-refractivity contribution in [1.29, 1.82) is 0 Å². The number of amides is 2. The van der Waals surface area contributed by atoms with Gasteiger partial charge in [-0.25, -0.2) is 0 Å². The quantitative estimate of drug-likeness (QED) is 0.848. The number of nitrogens with zero attached hydrogens (tertiary/aromatic N) is 2. The lowest BCUT2D eigenvalue weighted by Gasteiger charge is -2.32. The van der Waals surface area contributed by atoms with Crippen LogP contribution in [0.15, 0.2) is 23.4 Å². The minimum absolute atomic E-state index is 0.00336. The summed E-state index contributed by atoms with van der Waals surface area (Å²) >= 11 is 0. The molecule has 0 radical (unpaired) electrons. The number of aliphatic carboxylic acids is 1. The molecule has 2 saturated heterocycles. The topological polar surface area (TPSA) is 77.9 Å². The Morgan fingerprint density at radius 2 is 1.88 bits per heavy atom. The zero-order chi connectivity index (χ0) is 18.1. The molecule has 1 N–H and O–H groups in total. The van der Waals surface area contributed by atoms with E-state index in [1.54, 1.807) is 9.80 Å². The van der Waals surface area contributed by atoms with Gasteiger partial charge in [0.15, 0.2) is 0 Å². The number of allylic oxidation sites excluding steroid dienone is 3. The summed E-state index contributed by atoms with van der Waals surface area (Å²) < 4.78 is 0. The Bertz CT molecular complexity index is 644. The Kier molecular flexibility index (Phi) is 4.97. The smallest absolute Gasteiger partial charge is 0.306 e. The van der Waals surface area contributed by atoms with Gasteiger partial charge in [-0.3, -0.25) is 14.4 Å². The van der Waals surface area contributed by atoms with Gasteiger partial charge in [-0.05, 0) is 38.2 Å². The number of hydrogen-bond acceptors (Lipinski definition) is 3. The maximum Gasteiger partial charge on any atom is 0.306 e. The van der Waals surface area contributed by atoms with Crippen molar-refractivity contribution in [2.24, 2.45) is 17.8 Å². The zero-order valence-electron chi connectivity index (χ0n) is 14.9. The zero-order valence-corrected chi connectivity index (χ0v) is 14.9. The predicted molar refractivity (Wildman–Crippen MR) is 92.4 cm³/mol. The highest BCUT2D eigenvalue weighted by Crippen LogP contribution is 2.31. The third-order valence-electron chi connectivity index (χ3n) is 5.78. The molecule has 25 heavy (non-hydrogen) atoms. The maximum atomic E-state index is 12.7. The molecule has 3 rings (SSSR count). The number of carboxylic acids is 1. The van der Waals surface area contributed by atoms with Gasteiger partial charge in [0.25, 0.3) is 0 Å². The number of carbonyl (C=O) groups is 3. The first-order valence-corrected chi connectivity index (χ1v) is 9.07. The fraction of sp³-hybridized carbons (Fsp3) is 0.632. The molecule has 0 aromatic carbocycles. The lowest BCUT2D eigenvalue weighted by Crippen LogP contribution is -2.43. The molecule has 3 aliphatic rings. The van der Waals surface area contributed by atoms with Crippen LogP contribution in [0.3, 0.4) is 0 Å². The van der Waals surface area contributed by atoms with E-state index in [1.165, 1.54) is 5.57 Å². The van der Waals surface area contributed by atoms with Crippen molar-refractivity contribution in [2.45, 2.75) is 39.5 Å². The Hall–Kier alpha value is -2.11. The van der Waals surface area contributed by atoms with E-state index in [0.29, 0.717) is 38.4 Å². The van der Waals surface area contributed by atoms with Crippen molar-refractivity contribution < 1.29 is 19.5 Å². The largest absolute Gasteiger partial charge is 0.481 e. The Labute approximate surface area is 148 Å². The SMILES string of the molecule is CC1=CC(N2CC(C(=O)N3CCC(C(=O)O)CC3)CC2=O)=CCC1C. The van der Waals surface area contributed by atoms with Crippen molar-refractivity contribution in [3.05, 3.63) is 23.4 Å². The van der Waals surface area contributed by atoms with Crippen molar-refractivity contribution in [3.8, 4) is 0 Å². The van der Waals surface area contributed by atoms with Gasteiger partial charge in [-0.15, -0.1) is 0 Å². The van der Waals surface area contributed by atoms with Crippen molar-refractivity contribution in [3.63, 3.8) is 0 Å². The van der Waals surface area contributed by atoms with Gasteiger partial charge < -0.3 is 14.9 Å². The average Bonchev–Trinajstić information content (AvgIpc) is 2.98. The van der Waals surface area contributed by atoms with Crippen LogP contribution in [-0.4, -0.2) is 52.3 Å². The summed E-state index contributed by atoms with van der Waals surface area (Å²) in [7, 11) is 0. The first kappa shape index (κ1) is 17.7. The minimum atomic E-state index is -0.782. The highest BCUT2D eigenvalue weighted by Gasteiger charge is 2.39. The van der Waals surface area contributed by atoms with Crippen LogP contribution in [0.25, 0.3) is 0 Å². The Balaban J connectivity index is 1.61. The number of likely N-dealkylation sites (tertiary alicyclic amines) is 2. The third-order valence-corrected chi connectivity index (χ3v) is 5.78. The van der Waals surface area contributed by atoms with Crippen LogP contribution in [0.4, 0.5) is 0 Å². The molecule has 0 aromatic rings. The van der Waals surface area contributed by atoms with Crippen LogP contribution in [0.2, 0.25) is 0 Å². The summed E-state index contributed by atoms with van der Waals surface area (Å²) in [6.45, 7) is 5.62. The highest BCUT2D eigenvalue weighted by atomic mass is 16.4. The van der Waals surface area contributed by atoms with E-state index < -0.39 is 5.97 Å². The monoisotopic (exact) mass is 346 g/mol. The normalized spacial score (nSPS) is 28.0. The second kappa shape index (κ2) is 7.02. The van der Waals surface area contributed by atoms with E-state index in [2.05, 4.69) is 26.0 Å². The predicted octanol–water partition coefficient (Wildman–Crippen LogP) is 2.03. The van der Waals surface area contributed by atoms with E-state index in [0.717, 1.165) is 12.1 Å². The Morgan fingerprint density at radius 1 is 1.20 bits per heavy atom. The number of rotatable bonds is 3. The highest BCUT2D eigenvalue weighted by molar-refractivity contribution is 5.90. The first-order chi connectivity index (χ1) is 11.9. The molecule has 2 unspecified atom stereocenters. The molecule has 2 atom stereocenters. The van der Waals surface area contributed by atoms with Gasteiger partial charge in [0, 0.05) is 31.8 Å². The number of carbonyl (C=O) groups excluding carboxylic acids is 2. The molecule has 1 aliphatic carbocycles. The molecule has 0 saturated carbocycles. The van der Waals surface area contributed by atoms with Gasteiger partial charge >= 0.3 is 5.97 Å². The number of carboxylic acid groups (broad SMARTS) is 1. The second-order valence-electron chi connectivity index (χ2n) is 7.50. The summed E-state index contributed by atoms with van der Waals surface area (Å²) in [4.78, 5) is 39.6. The molecular formula is C19H26N2O4. The minimum Gasteiger partial charge on any atom is -0.481 e. The molecular weight excluding hydrogens is 320 g/mol. The van der Waals surface area contributed by atoms with Gasteiger partial charge in [-0.1, -0.05) is 18.6 Å². The van der Waals surface area contributed by atoms with Crippen molar-refractivity contribution >= 4 is 17.8 Å². The fourth-order valence-electron chi connectivity index (χ4n) is 3.83. The summed E-state index contributed by atoms with van der Waals surface area (Å²) in [5, 5.41) is 9.06. The molecule has 6 heteroatoms. The summed E-state index contributed by atoms with van der Waals surface area (Å²) in [6.07, 6.45) is 6.30. The van der Waals surface area contributed by atoms with Crippen LogP contribution in [0.5, 0.6) is 0 Å². The molecule has 0 bridgehead atoms. The lowest BCUT2D eigenvalue weighted by molar-refractivity contribution is -0.146. The lowest BCUT2D eigenvalue weighted by atomic mass is 9.93. The summed E-state index contributed by atoms with van der Waals surface area (Å²) in [6, 6.07) is 0. The van der Waals surface area contributed by atoms with E-state index >= 15 is 0 Å². The van der Waals surface area contributed by atoms with E-state index in [9.17, 15) is 14.4 Å². The molecule has 0 aromatic heterocycles. The van der Waals surface area contributed by atoms with Crippen LogP contribution in [0.1, 0.15) is 39.5 Å². The first-order valence-electron chi connectivity index (χ1n) is 9.07. The van der Waals surface area contributed by atoms with Crippen molar-refractivity contribution in [1.82, 2.24) is 9.80 Å². The molecule has 2 heterocycles. The molecule has 2 fully saturated rings. The van der Waals surface area contributed by atoms with Crippen LogP contribution >= 0.6 is 0 Å². The van der Waals surface area contributed by atoms with E-state index in [1.807, 2.05) is 0 Å². The van der Waals surface area contributed by atoms with Crippen LogP contribution in [0, 0.1) is 17.8 Å². The second-order valence-corrected chi connectivity index (χ2v) is 7.50. The van der Waals surface area contributed by atoms with Crippen molar-refractivity contribution in [2.75, 3.05) is 19.6 Å². The summed E-state index contributed by atoms with van der Waals surface area (Å²) in [5.41, 5.74) is 2.18. The molecule has 2 aliphatic heterocycles. The molecule has 6 nitrogen and oxygen atoms in total. The molecule has 136 valence electrons. The van der Waals surface area contributed by atoms with E-state index in [4.69, 9.17) is 5.11 Å². The molecule has 0 spiro atoms. The van der Waals surface area contributed by atoms with E-state index in [-0.39, 0.29) is 30.1 Å². The number of piperidine rings is 1. The van der Waals surface area contributed by atoms with Gasteiger partial charge in [0.1, 0.15) is 0 Å². The molecule has 2 amide bonds. The third kappa shape index (κ3) is 3.62. The number of hydrogen-bond donors (Lipinski definition) is 1. The standard InChI is InChI=1S/C19H26N2O4/c1-12-3-4-16(9-13(12)2)21-11-15(10-17(21)22)18(23)20-7-5-14(6-8-20)19(24)25/h4,9,12,14-15H,3,5-8,10-11H2,1-2H3,(H,24,25). The van der Waals surface area contributed by atoms with Gasteiger partial charge in [-0.2, -0.15) is 0 Å². The van der Waals surface area contributed by atoms with Crippen LogP contribution in [-0.2, 0) is 14.4 Å². The maximum absolute atomic E-state index is 12.7. The van der Waals surface area contributed by atoms with Gasteiger partial charge in [0.2, 0.25) is 11.8 Å². The fourth-order valence-corrected chi connectivity index (χ4v) is 3.83.